The predicted molar refractivity (Wildman–Crippen MR) is 451 cm³/mol. The van der Waals surface area contributed by atoms with E-state index in [1.165, 1.54) is 0 Å². The molecule has 18 nitrogen and oxygen atoms in total. The summed E-state index contributed by atoms with van der Waals surface area (Å²) in [5.41, 5.74) is 13.5. The van der Waals surface area contributed by atoms with E-state index in [1.807, 2.05) is 170 Å². The fourth-order valence-electron chi connectivity index (χ4n) is 17.4. The maximum Gasteiger partial charge on any atom is 0.377 e. The van der Waals surface area contributed by atoms with Crippen LogP contribution >= 0.6 is 15.9 Å². The topological polar surface area (TPSA) is 235 Å². The number of ketones is 1. The average Bonchev–Trinajstić information content (AvgIpc) is 1.54. The Kier molecular flexibility index (Phi) is 24.0. The number of aromatic carboxylic acids is 1. The van der Waals surface area contributed by atoms with Crippen LogP contribution in [-0.2, 0) is 58.9 Å². The number of hydrogen-bond donors (Lipinski definition) is 3. The fourth-order valence-corrected chi connectivity index (χ4v) is 18.1. The highest BCUT2D eigenvalue weighted by Crippen LogP contribution is 2.59. The highest BCUT2D eigenvalue weighted by molar-refractivity contribution is 9.11. The lowest BCUT2D eigenvalue weighted by atomic mass is 9.73. The number of oxazole rings is 1. The number of nitrogens with zero attached hydrogens (tertiary/aromatic N) is 6. The van der Waals surface area contributed by atoms with Gasteiger partial charge in [0, 0.05) is 67.8 Å². The molecular formula is C95H89BrN6O12+2. The number of anilines is 2. The lowest BCUT2D eigenvalue weighted by Gasteiger charge is -2.32. The Morgan fingerprint density at radius 2 is 1.03 bits per heavy atom. The smallest absolute Gasteiger partial charge is 0.377 e. The maximum atomic E-state index is 12.4. The third-order valence-electron chi connectivity index (χ3n) is 22.0. The van der Waals surface area contributed by atoms with E-state index < -0.39 is 28.7 Å². The van der Waals surface area contributed by atoms with E-state index in [4.69, 9.17) is 13.9 Å². The highest BCUT2D eigenvalue weighted by Gasteiger charge is 2.49. The molecule has 19 heteroatoms. The zero-order valence-corrected chi connectivity index (χ0v) is 66.4. The molecule has 0 fully saturated rings. The number of hydrogen-bond acceptors (Lipinski definition) is 13. The Balaban J connectivity index is 0.000000199. The summed E-state index contributed by atoms with van der Waals surface area (Å²) in [6.45, 7) is 19.3. The Morgan fingerprint density at radius 1 is 0.553 bits per heavy atom. The molecule has 2 unspecified atom stereocenters. The zero-order chi connectivity index (χ0) is 80.5. The number of carbonyl (C=O) groups is 6. The van der Waals surface area contributed by atoms with E-state index in [0.29, 0.717) is 61.5 Å². The second kappa shape index (κ2) is 34.4. The normalized spacial score (nSPS) is 17.3. The molecule has 4 heterocycles. The summed E-state index contributed by atoms with van der Waals surface area (Å²) in [6, 6.07) is 68.1. The third-order valence-corrected chi connectivity index (χ3v) is 22.5. The van der Waals surface area contributed by atoms with Crippen LogP contribution in [-0.4, -0.2) is 120 Å². The molecule has 0 radical (unpaired) electrons. The van der Waals surface area contributed by atoms with Crippen molar-refractivity contribution in [1.82, 2.24) is 4.90 Å². The van der Waals surface area contributed by atoms with E-state index in [-0.39, 0.29) is 50.5 Å². The minimum Gasteiger partial charge on any atom is -0.481 e. The van der Waals surface area contributed by atoms with Crippen LogP contribution in [0.15, 0.2) is 262 Å². The monoisotopic (exact) mass is 1580 g/mol. The van der Waals surface area contributed by atoms with Crippen molar-refractivity contribution in [3.63, 3.8) is 0 Å². The van der Waals surface area contributed by atoms with Gasteiger partial charge in [0.25, 0.3) is 24.3 Å². The second-order valence-electron chi connectivity index (χ2n) is 29.4. The molecule has 0 bridgehead atoms. The molecule has 0 spiro atoms. The summed E-state index contributed by atoms with van der Waals surface area (Å²) >= 11 is 3.84. The van der Waals surface area contributed by atoms with E-state index in [0.717, 1.165) is 151 Å². The van der Waals surface area contributed by atoms with Gasteiger partial charge in [-0.15, -0.1) is 0 Å². The number of carbonyl (C=O) groups excluding carboxylic acids is 3. The lowest BCUT2D eigenvalue weighted by Crippen LogP contribution is -2.38. The molecule has 0 saturated heterocycles. The molecule has 114 heavy (non-hydrogen) atoms. The van der Waals surface area contributed by atoms with Crippen molar-refractivity contribution in [2.75, 3.05) is 62.3 Å². The number of carboxylic acids is 3. The molecule has 576 valence electrons. The van der Waals surface area contributed by atoms with E-state index in [9.17, 15) is 49.3 Å². The molecule has 0 saturated carbocycles. The van der Waals surface area contributed by atoms with Crippen molar-refractivity contribution in [1.29, 1.82) is 5.26 Å². The Hall–Kier alpha value is -12.8. The number of halogens is 1. The number of Topliss-reactive ketones (excluding diaryl/α,β-unsaturated/α-hetero) is 1. The summed E-state index contributed by atoms with van der Waals surface area (Å²) in [6.07, 6.45) is 8.90. The lowest BCUT2D eigenvalue weighted by molar-refractivity contribution is -0.679. The standard InChI is InChI=1S/C50H48N4O5.C45H39BrN2O7/c1-5-52-25-26-53(27-28-59-33-55)49(52)34(2)29-39(38-13-7-6-8-14-38)30-40(32-51)48-50(4,31-36-19-21-37(22-20-36)35(3)56)46-43-17-11-9-15-41(43)42-16-10-12-18-44(42)47(46)54(48)24-23-45(57)58;1-28(24-32(46)25-29(2)43-47(22-23-54-27-49)37-14-8-9-15-38(37)55-43)42-45(3,26-30-16-18-31(19-17-30)44(52)53)40-35-12-6-4-10-33(35)34-11-5-7-13-36(34)41(40)48(42)21-20-39(50)51/h6-22,29-30,33H,5,23-28,31H2,1-4H3;4-19,24-25,27H,20-23,26H2,1-3H3,(H-,50,51,52,53)/p+2. The van der Waals surface area contributed by atoms with Crippen LogP contribution in [0, 0.1) is 11.3 Å². The molecule has 14 rings (SSSR count). The molecule has 0 aliphatic carbocycles. The minimum atomic E-state index is -0.987. The van der Waals surface area contributed by atoms with Gasteiger partial charge in [0.2, 0.25) is 5.58 Å². The number of rotatable bonds is 28. The van der Waals surface area contributed by atoms with Gasteiger partial charge in [-0.05, 0) is 175 Å². The number of fused-ring (bicyclic) bond motifs is 13. The first-order valence-corrected chi connectivity index (χ1v) is 39.0. The summed E-state index contributed by atoms with van der Waals surface area (Å²) in [5.74, 6) is -1.17. The number of carboxylic acid groups (broad SMARTS) is 3. The Morgan fingerprint density at radius 3 is 1.54 bits per heavy atom. The minimum absolute atomic E-state index is 0.0178. The number of amidine groups is 1. The molecule has 3 aliphatic rings. The van der Waals surface area contributed by atoms with Crippen molar-refractivity contribution >= 4 is 135 Å². The SMILES string of the molecule is CC(=CC(Br)=CC(C)=C1N(CCC(=O)O)c2c(c3ccccc3c3ccccc23)C1(C)Cc1ccc(C(=O)O)cc1)c1oc2ccccc2[n+]1CCOC=O.CCN1CC[N+](CCOC=O)=C1C(C)=CC(=CC(C#N)=C1N(CCC(=O)O)c2c(c3ccccc3c3ccccc23)C1(C)Cc1ccc(C(C)=O)cc1)c1ccccc1. The average molecular weight is 1590 g/mol. The second-order valence-corrected chi connectivity index (χ2v) is 30.3. The van der Waals surface area contributed by atoms with Crippen LogP contribution in [0.2, 0.25) is 0 Å². The summed E-state index contributed by atoms with van der Waals surface area (Å²) < 4.78 is 21.4. The van der Waals surface area contributed by atoms with Crippen LogP contribution in [0.4, 0.5) is 11.4 Å². The molecule has 2 atom stereocenters. The molecule has 1 aromatic heterocycles. The molecule has 10 aromatic carbocycles. The Labute approximate surface area is 670 Å². The zero-order valence-electron chi connectivity index (χ0n) is 64.8. The number of para-hydroxylation sites is 2. The van der Waals surface area contributed by atoms with Gasteiger partial charge in [-0.3, -0.25) is 33.4 Å². The van der Waals surface area contributed by atoms with Crippen LogP contribution in [0.5, 0.6) is 0 Å². The summed E-state index contributed by atoms with van der Waals surface area (Å²) in [5, 5.41) is 49.7. The van der Waals surface area contributed by atoms with E-state index in [1.54, 1.807) is 19.1 Å². The number of benzene rings is 10. The number of allylic oxidation sites excluding steroid dienone is 11. The van der Waals surface area contributed by atoms with Gasteiger partial charge in [0.05, 0.1) is 47.5 Å². The van der Waals surface area contributed by atoms with Crippen molar-refractivity contribution in [2.45, 2.75) is 91.5 Å². The first-order valence-electron chi connectivity index (χ1n) is 38.2. The van der Waals surface area contributed by atoms with Crippen molar-refractivity contribution < 1.29 is 67.1 Å². The van der Waals surface area contributed by atoms with E-state index >= 15 is 0 Å². The number of nitriles is 1. The third kappa shape index (κ3) is 15.9. The van der Waals surface area contributed by atoms with Gasteiger partial charge in [-0.2, -0.15) is 9.83 Å². The first-order chi connectivity index (χ1) is 55.1. The maximum absolute atomic E-state index is 12.4. The van der Waals surface area contributed by atoms with Crippen molar-refractivity contribution in [3.05, 3.63) is 302 Å². The van der Waals surface area contributed by atoms with Gasteiger partial charge >= 0.3 is 23.8 Å². The molecule has 0 amide bonds. The summed E-state index contributed by atoms with van der Waals surface area (Å²) in [4.78, 5) is 77.2. The van der Waals surface area contributed by atoms with Crippen molar-refractivity contribution in [2.24, 2.45) is 0 Å². The molecular weight excluding hydrogens is 1500 g/mol. The summed E-state index contributed by atoms with van der Waals surface area (Å²) in [7, 11) is 0. The van der Waals surface area contributed by atoms with Crippen LogP contribution in [0.3, 0.4) is 0 Å². The molecule has 3 N–H and O–H groups in total. The Bertz CT molecular complexity index is 5920. The number of likely N-dealkylation sites (N-methyl/N-ethyl adjacent to an activating group) is 1. The van der Waals surface area contributed by atoms with Gasteiger partial charge in [-0.1, -0.05) is 192 Å². The van der Waals surface area contributed by atoms with Gasteiger partial charge in [-0.25, -0.2) is 4.79 Å². The number of ether oxygens (including phenoxy) is 2. The van der Waals surface area contributed by atoms with Gasteiger partial charge < -0.3 is 39.0 Å². The predicted octanol–water partition coefficient (Wildman–Crippen LogP) is 18.1. The number of aliphatic carboxylic acids is 2. The van der Waals surface area contributed by atoms with Crippen molar-refractivity contribution in [3.8, 4) is 6.07 Å². The number of aromatic nitrogens is 1. The van der Waals surface area contributed by atoms with Crippen LogP contribution < -0.4 is 14.4 Å². The first kappa shape index (κ1) is 79.3. The molecule has 11 aromatic rings. The fraction of sp³-hybridized carbons (Fsp3) is 0.232. The van der Waals surface area contributed by atoms with Gasteiger partial charge in [0.15, 0.2) is 18.9 Å². The van der Waals surface area contributed by atoms with Crippen LogP contribution in [0.1, 0.15) is 116 Å². The van der Waals surface area contributed by atoms with Gasteiger partial charge in [0.1, 0.15) is 32.3 Å². The van der Waals surface area contributed by atoms with Crippen LogP contribution in [0.25, 0.3) is 65.3 Å². The highest BCUT2D eigenvalue weighted by atomic mass is 79.9. The van der Waals surface area contributed by atoms with E-state index in [2.05, 4.69) is 130 Å². The quantitative estimate of drug-likeness (QED) is 0.00786. The largest absolute Gasteiger partial charge is 0.481 e. The molecule has 3 aliphatic heterocycles.